The van der Waals surface area contributed by atoms with Gasteiger partial charge >= 0.3 is 17.9 Å². The van der Waals surface area contributed by atoms with Crippen molar-refractivity contribution >= 4 is 17.9 Å². The highest BCUT2D eigenvalue weighted by molar-refractivity contribution is 5.68. The largest absolute Gasteiger partial charge is 0.463 e. The number of hydrogen-bond donors (Lipinski definition) is 0. The van der Waals surface area contributed by atoms with Crippen LogP contribution >= 0.6 is 0 Å². The summed E-state index contributed by atoms with van der Waals surface area (Å²) >= 11 is 0. The number of rotatable bonds is 5. The van der Waals surface area contributed by atoms with Crippen LogP contribution in [0.5, 0.6) is 0 Å². The van der Waals surface area contributed by atoms with Crippen LogP contribution in [0.1, 0.15) is 34.6 Å². The highest BCUT2D eigenvalue weighted by atomic mass is 16.6. The van der Waals surface area contributed by atoms with Gasteiger partial charge in [-0.15, -0.1) is 0 Å². The number of hydrogen-bond acceptors (Lipinski definition) is 7. The zero-order chi connectivity index (χ0) is 16.2. The first-order valence-electron chi connectivity index (χ1n) is 6.85. The van der Waals surface area contributed by atoms with Gasteiger partial charge in [0.25, 0.3) is 0 Å². The van der Waals surface area contributed by atoms with Gasteiger partial charge in [-0.1, -0.05) is 13.8 Å². The maximum Gasteiger partial charge on any atom is 0.303 e. The SMILES string of the molecule is CC(=O)OC[C@@H]1O[C@H](C(C)C)C(OC(C)=O)C1OC(C)=O. The van der Waals surface area contributed by atoms with Crippen LogP contribution in [0.3, 0.4) is 0 Å². The molecule has 0 aromatic heterocycles. The molecule has 0 radical (unpaired) electrons. The fraction of sp³-hybridized carbons (Fsp3) is 0.786. The average molecular weight is 302 g/mol. The molecule has 2 unspecified atom stereocenters. The number of ether oxygens (including phenoxy) is 4. The monoisotopic (exact) mass is 302 g/mol. The zero-order valence-electron chi connectivity index (χ0n) is 13.0. The quantitative estimate of drug-likeness (QED) is 0.549. The van der Waals surface area contributed by atoms with Crippen LogP contribution in [-0.2, 0) is 33.3 Å². The smallest absolute Gasteiger partial charge is 0.303 e. The fourth-order valence-electron chi connectivity index (χ4n) is 2.29. The Morgan fingerprint density at radius 3 is 1.90 bits per heavy atom. The fourth-order valence-corrected chi connectivity index (χ4v) is 2.29. The Labute approximate surface area is 123 Å². The molecule has 0 amide bonds. The second kappa shape index (κ2) is 7.40. The summed E-state index contributed by atoms with van der Waals surface area (Å²) < 4.78 is 21.2. The summed E-state index contributed by atoms with van der Waals surface area (Å²) in [5.74, 6) is -1.43. The molecule has 7 heteroatoms. The minimum atomic E-state index is -0.793. The van der Waals surface area contributed by atoms with Crippen molar-refractivity contribution < 1.29 is 33.3 Å². The van der Waals surface area contributed by atoms with Gasteiger partial charge in [-0.05, 0) is 5.92 Å². The van der Waals surface area contributed by atoms with Crippen molar-refractivity contribution in [2.45, 2.75) is 59.0 Å². The maximum atomic E-state index is 11.3. The Morgan fingerprint density at radius 2 is 1.48 bits per heavy atom. The molecule has 21 heavy (non-hydrogen) atoms. The van der Waals surface area contributed by atoms with E-state index in [2.05, 4.69) is 0 Å². The van der Waals surface area contributed by atoms with Gasteiger partial charge in [-0.3, -0.25) is 14.4 Å². The van der Waals surface area contributed by atoms with Gasteiger partial charge in [0.2, 0.25) is 0 Å². The molecule has 0 aliphatic carbocycles. The van der Waals surface area contributed by atoms with E-state index >= 15 is 0 Å². The lowest BCUT2D eigenvalue weighted by molar-refractivity contribution is -0.166. The average Bonchev–Trinajstić information content (AvgIpc) is 2.64. The van der Waals surface area contributed by atoms with Crippen LogP contribution in [0.4, 0.5) is 0 Å². The van der Waals surface area contributed by atoms with Crippen LogP contribution < -0.4 is 0 Å². The molecule has 0 N–H and O–H groups in total. The third kappa shape index (κ3) is 5.00. The minimum absolute atomic E-state index is 0.0368. The van der Waals surface area contributed by atoms with E-state index in [0.717, 1.165) is 0 Å². The third-order valence-electron chi connectivity index (χ3n) is 3.06. The summed E-state index contributed by atoms with van der Waals surface area (Å²) in [5.41, 5.74) is 0. The van der Waals surface area contributed by atoms with Crippen LogP contribution in [0, 0.1) is 5.92 Å². The van der Waals surface area contributed by atoms with Crippen molar-refractivity contribution in [3.8, 4) is 0 Å². The molecule has 0 aromatic carbocycles. The molecule has 1 heterocycles. The molecule has 1 saturated heterocycles. The Balaban J connectivity index is 2.93. The number of carbonyl (C=O) groups is 3. The highest BCUT2D eigenvalue weighted by Gasteiger charge is 2.50. The lowest BCUT2D eigenvalue weighted by Crippen LogP contribution is -2.42. The van der Waals surface area contributed by atoms with E-state index < -0.39 is 42.3 Å². The van der Waals surface area contributed by atoms with Gasteiger partial charge in [0.1, 0.15) is 18.8 Å². The van der Waals surface area contributed by atoms with Crippen LogP contribution in [0.15, 0.2) is 0 Å². The van der Waals surface area contributed by atoms with Crippen molar-refractivity contribution in [2.75, 3.05) is 6.61 Å². The molecule has 7 nitrogen and oxygen atoms in total. The van der Waals surface area contributed by atoms with E-state index in [4.69, 9.17) is 18.9 Å². The molecule has 4 atom stereocenters. The van der Waals surface area contributed by atoms with Crippen molar-refractivity contribution in [2.24, 2.45) is 5.92 Å². The predicted octanol–water partition coefficient (Wildman–Crippen LogP) is 0.836. The lowest BCUT2D eigenvalue weighted by atomic mass is 9.99. The molecular formula is C14H22O7. The molecule has 0 spiro atoms. The van der Waals surface area contributed by atoms with E-state index in [1.54, 1.807) is 0 Å². The summed E-state index contributed by atoms with van der Waals surface area (Å²) in [6.45, 7) is 7.56. The van der Waals surface area contributed by atoms with E-state index in [1.165, 1.54) is 20.8 Å². The van der Waals surface area contributed by atoms with E-state index in [1.807, 2.05) is 13.8 Å². The summed E-state index contributed by atoms with van der Waals surface area (Å²) in [6, 6.07) is 0. The number of carbonyl (C=O) groups excluding carboxylic acids is 3. The second-order valence-corrected chi connectivity index (χ2v) is 5.33. The predicted molar refractivity (Wildman–Crippen MR) is 71.2 cm³/mol. The number of esters is 3. The molecule has 1 rings (SSSR count). The molecule has 0 aromatic rings. The Bertz CT molecular complexity index is 404. The standard InChI is InChI=1S/C14H22O7/c1-7(2)12-14(20-10(5)17)13(19-9(4)16)11(21-12)6-18-8(3)15/h7,11-14H,6H2,1-5H3/t11-,12+,13?,14?/m0/s1. The van der Waals surface area contributed by atoms with Gasteiger partial charge in [-0.25, -0.2) is 0 Å². The van der Waals surface area contributed by atoms with Crippen LogP contribution in [-0.4, -0.2) is 48.9 Å². The van der Waals surface area contributed by atoms with Crippen molar-refractivity contribution in [3.63, 3.8) is 0 Å². The Hall–Kier alpha value is -1.63. The first-order chi connectivity index (χ1) is 9.72. The first-order valence-corrected chi connectivity index (χ1v) is 6.85. The summed E-state index contributed by atoms with van der Waals surface area (Å²) in [5, 5.41) is 0. The lowest BCUT2D eigenvalue weighted by Gasteiger charge is -2.24. The van der Waals surface area contributed by atoms with Crippen LogP contribution in [0.2, 0.25) is 0 Å². The molecule has 0 saturated carbocycles. The van der Waals surface area contributed by atoms with Gasteiger partial charge in [0.05, 0.1) is 0 Å². The summed E-state index contributed by atoms with van der Waals surface area (Å²) in [6.07, 6.45) is -2.60. The van der Waals surface area contributed by atoms with Crippen LogP contribution in [0.25, 0.3) is 0 Å². The van der Waals surface area contributed by atoms with Gasteiger partial charge in [0.15, 0.2) is 12.2 Å². The maximum absolute atomic E-state index is 11.3. The minimum Gasteiger partial charge on any atom is -0.463 e. The molecule has 120 valence electrons. The van der Waals surface area contributed by atoms with Gasteiger partial charge in [-0.2, -0.15) is 0 Å². The first kappa shape index (κ1) is 17.4. The third-order valence-corrected chi connectivity index (χ3v) is 3.06. The summed E-state index contributed by atoms with van der Waals surface area (Å²) in [7, 11) is 0. The topological polar surface area (TPSA) is 88.1 Å². The van der Waals surface area contributed by atoms with E-state index in [0.29, 0.717) is 0 Å². The molecule has 1 fully saturated rings. The van der Waals surface area contributed by atoms with E-state index in [9.17, 15) is 14.4 Å². The highest BCUT2D eigenvalue weighted by Crippen LogP contribution is 2.31. The molecule has 0 bridgehead atoms. The van der Waals surface area contributed by atoms with Crippen molar-refractivity contribution in [1.82, 2.24) is 0 Å². The van der Waals surface area contributed by atoms with Crippen molar-refractivity contribution in [1.29, 1.82) is 0 Å². The van der Waals surface area contributed by atoms with Gasteiger partial charge < -0.3 is 18.9 Å². The Morgan fingerprint density at radius 1 is 0.952 bits per heavy atom. The zero-order valence-corrected chi connectivity index (χ0v) is 13.0. The van der Waals surface area contributed by atoms with Crippen molar-refractivity contribution in [3.05, 3.63) is 0 Å². The van der Waals surface area contributed by atoms with E-state index in [-0.39, 0.29) is 12.5 Å². The normalized spacial score (nSPS) is 28.3. The summed E-state index contributed by atoms with van der Waals surface area (Å²) in [4.78, 5) is 33.5. The molecule has 1 aliphatic heterocycles. The van der Waals surface area contributed by atoms with Gasteiger partial charge in [0, 0.05) is 20.8 Å². The molecule has 1 aliphatic rings. The second-order valence-electron chi connectivity index (χ2n) is 5.33. The molecular weight excluding hydrogens is 280 g/mol. The Kier molecular flexibility index (Phi) is 6.14.